The van der Waals surface area contributed by atoms with E-state index in [4.69, 9.17) is 5.84 Å². The lowest BCUT2D eigenvalue weighted by atomic mass is 10.1. The first kappa shape index (κ1) is 10.8. The number of nitrogens with two attached hydrogens (primary N) is 1. The average molecular weight is 175 g/mol. The molecule has 0 rings (SSSR count). The standard InChI is InChI=1S/C7H17N3S/c1-7(2,3)9-6(10-8)5-11-4/h5,8H2,1-4H3,(H,9,10). The van der Waals surface area contributed by atoms with Crippen molar-refractivity contribution in [2.75, 3.05) is 12.0 Å². The van der Waals surface area contributed by atoms with Gasteiger partial charge in [-0.25, -0.2) is 5.84 Å². The van der Waals surface area contributed by atoms with E-state index in [1.807, 2.05) is 27.0 Å². The van der Waals surface area contributed by atoms with Gasteiger partial charge in [-0.15, -0.1) is 0 Å². The molecular formula is C7H17N3S. The van der Waals surface area contributed by atoms with Gasteiger partial charge in [0.25, 0.3) is 0 Å². The van der Waals surface area contributed by atoms with E-state index in [0.29, 0.717) is 0 Å². The van der Waals surface area contributed by atoms with Crippen molar-refractivity contribution >= 4 is 17.6 Å². The van der Waals surface area contributed by atoms with Crippen LogP contribution in [0.4, 0.5) is 0 Å². The Bertz CT molecular complexity index is 137. The Morgan fingerprint density at radius 3 is 2.36 bits per heavy atom. The van der Waals surface area contributed by atoms with Crippen LogP contribution in [0, 0.1) is 0 Å². The highest BCUT2D eigenvalue weighted by molar-refractivity contribution is 7.99. The molecule has 0 bridgehead atoms. The number of rotatable bonds is 2. The topological polar surface area (TPSA) is 50.4 Å². The van der Waals surface area contributed by atoms with Crippen molar-refractivity contribution in [2.24, 2.45) is 10.8 Å². The van der Waals surface area contributed by atoms with Crippen molar-refractivity contribution in [1.82, 2.24) is 5.43 Å². The number of hydrogen-bond donors (Lipinski definition) is 2. The van der Waals surface area contributed by atoms with Crippen LogP contribution in [0.15, 0.2) is 4.99 Å². The molecule has 0 heterocycles. The van der Waals surface area contributed by atoms with Gasteiger partial charge in [0.15, 0.2) is 0 Å². The lowest BCUT2D eigenvalue weighted by Crippen LogP contribution is -2.34. The number of nitrogens with one attached hydrogen (secondary N) is 1. The number of amidine groups is 1. The Morgan fingerprint density at radius 2 is 2.09 bits per heavy atom. The molecule has 0 saturated heterocycles. The molecule has 0 saturated carbocycles. The molecule has 0 radical (unpaired) electrons. The molecule has 0 unspecified atom stereocenters. The van der Waals surface area contributed by atoms with E-state index in [1.165, 1.54) is 0 Å². The van der Waals surface area contributed by atoms with Crippen LogP contribution in [0.5, 0.6) is 0 Å². The molecule has 66 valence electrons. The van der Waals surface area contributed by atoms with E-state index >= 15 is 0 Å². The first-order chi connectivity index (χ1) is 4.99. The van der Waals surface area contributed by atoms with Gasteiger partial charge in [0.2, 0.25) is 0 Å². The van der Waals surface area contributed by atoms with Gasteiger partial charge in [0, 0.05) is 0 Å². The highest BCUT2D eigenvalue weighted by atomic mass is 32.2. The molecule has 3 nitrogen and oxygen atoms in total. The molecule has 0 aliphatic heterocycles. The summed E-state index contributed by atoms with van der Waals surface area (Å²) in [6.45, 7) is 6.14. The fourth-order valence-corrected chi connectivity index (χ4v) is 1.07. The Morgan fingerprint density at radius 1 is 1.55 bits per heavy atom. The number of hydrazine groups is 1. The molecule has 3 N–H and O–H groups in total. The summed E-state index contributed by atoms with van der Waals surface area (Å²) in [4.78, 5) is 4.38. The van der Waals surface area contributed by atoms with Crippen molar-refractivity contribution in [1.29, 1.82) is 0 Å². The van der Waals surface area contributed by atoms with Gasteiger partial charge in [0.1, 0.15) is 5.84 Å². The number of nitrogens with zero attached hydrogens (tertiary/aromatic N) is 1. The van der Waals surface area contributed by atoms with Crippen molar-refractivity contribution in [2.45, 2.75) is 26.3 Å². The van der Waals surface area contributed by atoms with Crippen LogP contribution in [-0.4, -0.2) is 23.4 Å². The summed E-state index contributed by atoms with van der Waals surface area (Å²) in [7, 11) is 0. The molecule has 0 spiro atoms. The lowest BCUT2D eigenvalue weighted by molar-refractivity contribution is 0.579. The lowest BCUT2D eigenvalue weighted by Gasteiger charge is -2.14. The van der Waals surface area contributed by atoms with Crippen LogP contribution in [0.25, 0.3) is 0 Å². The number of thioether (sulfide) groups is 1. The van der Waals surface area contributed by atoms with Crippen LogP contribution < -0.4 is 11.3 Å². The van der Waals surface area contributed by atoms with E-state index in [1.54, 1.807) is 11.8 Å². The second-order valence-corrected chi connectivity index (χ2v) is 4.17. The summed E-state index contributed by atoms with van der Waals surface area (Å²) in [5.74, 6) is 6.96. The van der Waals surface area contributed by atoms with Gasteiger partial charge >= 0.3 is 0 Å². The zero-order chi connectivity index (χ0) is 8.91. The van der Waals surface area contributed by atoms with E-state index in [2.05, 4.69) is 10.4 Å². The highest BCUT2D eigenvalue weighted by Crippen LogP contribution is 2.07. The maximum Gasteiger partial charge on any atom is 0.121 e. The maximum absolute atomic E-state index is 5.27. The van der Waals surface area contributed by atoms with Gasteiger partial charge in [-0.2, -0.15) is 11.8 Å². The smallest absolute Gasteiger partial charge is 0.121 e. The molecule has 0 aliphatic rings. The van der Waals surface area contributed by atoms with Crippen molar-refractivity contribution in [3.63, 3.8) is 0 Å². The second-order valence-electron chi connectivity index (χ2n) is 3.31. The second kappa shape index (κ2) is 4.62. The monoisotopic (exact) mass is 175 g/mol. The minimum Gasteiger partial charge on any atom is -0.312 e. The van der Waals surface area contributed by atoms with Crippen LogP contribution in [-0.2, 0) is 0 Å². The predicted octanol–water partition coefficient (Wildman–Crippen LogP) is 1.01. The van der Waals surface area contributed by atoms with Gasteiger partial charge in [-0.1, -0.05) is 0 Å². The summed E-state index contributed by atoms with van der Waals surface area (Å²) >= 11 is 1.70. The minimum absolute atomic E-state index is 0.0442. The van der Waals surface area contributed by atoms with Crippen molar-refractivity contribution in [3.05, 3.63) is 0 Å². The van der Waals surface area contributed by atoms with E-state index < -0.39 is 0 Å². The SMILES string of the molecule is CSCC(=NC(C)(C)C)NN. The fraction of sp³-hybridized carbons (Fsp3) is 0.857. The van der Waals surface area contributed by atoms with Gasteiger partial charge in [-0.3, -0.25) is 4.99 Å². The molecule has 11 heavy (non-hydrogen) atoms. The molecule has 0 aromatic carbocycles. The summed E-state index contributed by atoms with van der Waals surface area (Å²) in [5.41, 5.74) is 2.54. The summed E-state index contributed by atoms with van der Waals surface area (Å²) in [5, 5.41) is 0. The summed E-state index contributed by atoms with van der Waals surface area (Å²) in [6.07, 6.45) is 2.02. The molecule has 0 amide bonds. The summed E-state index contributed by atoms with van der Waals surface area (Å²) in [6, 6.07) is 0. The Labute approximate surface area is 72.8 Å². The zero-order valence-electron chi connectivity index (χ0n) is 7.64. The van der Waals surface area contributed by atoms with Crippen LogP contribution in [0.2, 0.25) is 0 Å². The number of aliphatic imine (C=N–C) groups is 1. The molecule has 0 aromatic heterocycles. The van der Waals surface area contributed by atoms with Crippen molar-refractivity contribution in [3.8, 4) is 0 Å². The highest BCUT2D eigenvalue weighted by Gasteiger charge is 2.08. The third-order valence-corrected chi connectivity index (χ3v) is 1.48. The van der Waals surface area contributed by atoms with E-state index in [0.717, 1.165) is 11.6 Å². The fourth-order valence-electron chi connectivity index (χ4n) is 0.648. The first-order valence-electron chi connectivity index (χ1n) is 3.54. The minimum atomic E-state index is -0.0442. The maximum atomic E-state index is 5.27. The van der Waals surface area contributed by atoms with Crippen LogP contribution in [0.3, 0.4) is 0 Å². The first-order valence-corrected chi connectivity index (χ1v) is 4.93. The van der Waals surface area contributed by atoms with E-state index in [9.17, 15) is 0 Å². The zero-order valence-corrected chi connectivity index (χ0v) is 8.46. The molecule has 0 fully saturated rings. The largest absolute Gasteiger partial charge is 0.312 e. The third-order valence-electron chi connectivity index (χ3n) is 0.918. The molecule has 0 atom stereocenters. The molecular weight excluding hydrogens is 158 g/mol. The third kappa shape index (κ3) is 6.19. The van der Waals surface area contributed by atoms with Crippen LogP contribution in [0.1, 0.15) is 20.8 Å². The predicted molar refractivity (Wildman–Crippen MR) is 52.9 cm³/mol. The Hall–Kier alpha value is -0.220. The Balaban J connectivity index is 4.11. The van der Waals surface area contributed by atoms with Gasteiger partial charge in [0.05, 0.1) is 11.3 Å². The summed E-state index contributed by atoms with van der Waals surface area (Å²) < 4.78 is 0. The van der Waals surface area contributed by atoms with E-state index in [-0.39, 0.29) is 5.54 Å². The normalized spacial score (nSPS) is 13.4. The van der Waals surface area contributed by atoms with Crippen molar-refractivity contribution < 1.29 is 0 Å². The van der Waals surface area contributed by atoms with Gasteiger partial charge in [-0.05, 0) is 27.0 Å². The number of hydrogen-bond acceptors (Lipinski definition) is 3. The molecule has 0 aromatic rings. The molecule has 4 heteroatoms. The van der Waals surface area contributed by atoms with Crippen LogP contribution >= 0.6 is 11.8 Å². The van der Waals surface area contributed by atoms with Gasteiger partial charge < -0.3 is 5.43 Å². The quantitative estimate of drug-likeness (QED) is 0.285. The molecule has 0 aliphatic carbocycles. The Kier molecular flexibility index (Phi) is 4.52. The average Bonchev–Trinajstić information content (AvgIpc) is 1.84.